The molecule has 1 amide bonds. The lowest BCUT2D eigenvalue weighted by molar-refractivity contribution is -0.141. The molecule has 0 bridgehead atoms. The maximum absolute atomic E-state index is 13.0. The van der Waals surface area contributed by atoms with Gasteiger partial charge in [-0.05, 0) is 25.6 Å². The summed E-state index contributed by atoms with van der Waals surface area (Å²) < 4.78 is 39.1. The van der Waals surface area contributed by atoms with E-state index >= 15 is 0 Å². The number of hydrogen-bond donors (Lipinski definition) is 0. The Balaban J connectivity index is 2.23. The molecule has 20 heavy (non-hydrogen) atoms. The summed E-state index contributed by atoms with van der Waals surface area (Å²) in [5.41, 5.74) is 0.0658. The number of carbonyl (C=O) groups excluding carboxylic acids is 1. The highest BCUT2D eigenvalue weighted by molar-refractivity contribution is 5.79. The van der Waals surface area contributed by atoms with Crippen LogP contribution in [-0.2, 0) is 17.5 Å². The van der Waals surface area contributed by atoms with Gasteiger partial charge in [0.15, 0.2) is 0 Å². The molecule has 1 fully saturated rings. The first kappa shape index (κ1) is 14.8. The van der Waals surface area contributed by atoms with Crippen LogP contribution in [0.5, 0.6) is 0 Å². The highest BCUT2D eigenvalue weighted by Crippen LogP contribution is 2.33. The van der Waals surface area contributed by atoms with Crippen LogP contribution in [0.3, 0.4) is 0 Å². The summed E-state index contributed by atoms with van der Waals surface area (Å²) in [4.78, 5) is 15.2. The van der Waals surface area contributed by atoms with Crippen molar-refractivity contribution in [1.29, 1.82) is 0 Å². The number of rotatable bonds is 2. The van der Waals surface area contributed by atoms with Gasteiger partial charge in [0.2, 0.25) is 5.91 Å². The Hall–Kier alpha value is -1.56. The molecular weight excluding hydrogens is 269 g/mol. The molecule has 0 aromatic heterocycles. The van der Waals surface area contributed by atoms with Crippen LogP contribution < -0.4 is 0 Å². The van der Waals surface area contributed by atoms with E-state index in [0.717, 1.165) is 6.07 Å². The van der Waals surface area contributed by atoms with E-state index < -0.39 is 11.7 Å². The van der Waals surface area contributed by atoms with Crippen molar-refractivity contribution in [2.24, 2.45) is 0 Å². The predicted molar refractivity (Wildman–Crippen MR) is 69.1 cm³/mol. The third-order valence-corrected chi connectivity index (χ3v) is 3.44. The van der Waals surface area contributed by atoms with Crippen LogP contribution in [0.25, 0.3) is 0 Å². The van der Waals surface area contributed by atoms with Gasteiger partial charge in [-0.25, -0.2) is 0 Å². The quantitative estimate of drug-likeness (QED) is 0.833. The number of benzene rings is 1. The Morgan fingerprint density at radius 2 is 1.95 bits per heavy atom. The van der Waals surface area contributed by atoms with Crippen LogP contribution in [0.15, 0.2) is 18.2 Å². The fourth-order valence-corrected chi connectivity index (χ4v) is 2.29. The lowest BCUT2D eigenvalue weighted by Crippen LogP contribution is -2.48. The summed E-state index contributed by atoms with van der Waals surface area (Å²) in [5.74, 6) is -0.132. The second-order valence-corrected chi connectivity index (χ2v) is 5.21. The van der Waals surface area contributed by atoms with Gasteiger partial charge in [-0.3, -0.25) is 9.69 Å². The number of nitrogens with zero attached hydrogens (tertiary/aromatic N) is 2. The monoisotopic (exact) mass is 286 g/mol. The van der Waals surface area contributed by atoms with Gasteiger partial charge < -0.3 is 4.90 Å². The molecule has 0 saturated carbocycles. The molecule has 1 heterocycles. The molecular formula is C14H17F3N2O. The van der Waals surface area contributed by atoms with Crippen molar-refractivity contribution < 1.29 is 18.0 Å². The van der Waals surface area contributed by atoms with Gasteiger partial charge in [-0.1, -0.05) is 17.7 Å². The molecule has 0 spiro atoms. The highest BCUT2D eigenvalue weighted by Gasteiger charge is 2.34. The van der Waals surface area contributed by atoms with Crippen molar-refractivity contribution in [2.45, 2.75) is 19.6 Å². The van der Waals surface area contributed by atoms with Gasteiger partial charge in [-0.2, -0.15) is 13.2 Å². The van der Waals surface area contributed by atoms with E-state index in [1.165, 1.54) is 11.0 Å². The third kappa shape index (κ3) is 3.30. The molecule has 1 aromatic rings. The molecule has 1 aliphatic heterocycles. The van der Waals surface area contributed by atoms with Crippen LogP contribution in [-0.4, -0.2) is 42.4 Å². The van der Waals surface area contributed by atoms with Gasteiger partial charge in [0.05, 0.1) is 12.1 Å². The maximum Gasteiger partial charge on any atom is 0.416 e. The fraction of sp³-hybridized carbons (Fsp3) is 0.500. The topological polar surface area (TPSA) is 23.6 Å². The second kappa shape index (κ2) is 5.44. The molecule has 1 saturated heterocycles. The molecule has 6 heteroatoms. The van der Waals surface area contributed by atoms with E-state index in [9.17, 15) is 18.0 Å². The number of likely N-dealkylation sites (N-methyl/N-ethyl adjacent to an activating group) is 1. The zero-order chi connectivity index (χ0) is 14.9. The van der Waals surface area contributed by atoms with Crippen LogP contribution >= 0.6 is 0 Å². The van der Waals surface area contributed by atoms with Crippen molar-refractivity contribution in [1.82, 2.24) is 9.80 Å². The van der Waals surface area contributed by atoms with E-state index in [2.05, 4.69) is 0 Å². The summed E-state index contributed by atoms with van der Waals surface area (Å²) in [6, 6.07) is 4.24. The van der Waals surface area contributed by atoms with E-state index in [1.54, 1.807) is 13.0 Å². The Labute approximate surface area is 116 Å². The predicted octanol–water partition coefficient (Wildman–Crippen LogP) is 2.29. The largest absolute Gasteiger partial charge is 0.416 e. The van der Waals surface area contributed by atoms with Gasteiger partial charge >= 0.3 is 6.18 Å². The molecule has 0 aliphatic carbocycles. The maximum atomic E-state index is 13.0. The van der Waals surface area contributed by atoms with Crippen molar-refractivity contribution in [3.63, 3.8) is 0 Å². The first-order valence-electron chi connectivity index (χ1n) is 6.40. The molecule has 0 N–H and O–H groups in total. The number of aryl methyl sites for hydroxylation is 1. The lowest BCUT2D eigenvalue weighted by atomic mass is 10.0. The molecule has 2 rings (SSSR count). The number of halogens is 3. The molecule has 3 nitrogen and oxygen atoms in total. The van der Waals surface area contributed by atoms with Gasteiger partial charge in [-0.15, -0.1) is 0 Å². The first-order valence-corrected chi connectivity index (χ1v) is 6.40. The zero-order valence-electron chi connectivity index (χ0n) is 11.5. The van der Waals surface area contributed by atoms with Crippen LogP contribution in [0.4, 0.5) is 13.2 Å². The van der Waals surface area contributed by atoms with Crippen LogP contribution in [0.2, 0.25) is 0 Å². The smallest absolute Gasteiger partial charge is 0.336 e. The number of amides is 1. The number of carbonyl (C=O) groups is 1. The van der Waals surface area contributed by atoms with Gasteiger partial charge in [0, 0.05) is 19.6 Å². The summed E-state index contributed by atoms with van der Waals surface area (Å²) in [7, 11) is 1.82. The highest BCUT2D eigenvalue weighted by atomic mass is 19.4. The van der Waals surface area contributed by atoms with Crippen LogP contribution in [0.1, 0.15) is 16.7 Å². The van der Waals surface area contributed by atoms with E-state index in [1.807, 2.05) is 11.9 Å². The third-order valence-electron chi connectivity index (χ3n) is 3.44. The van der Waals surface area contributed by atoms with Crippen molar-refractivity contribution in [2.75, 3.05) is 26.7 Å². The summed E-state index contributed by atoms with van der Waals surface area (Å²) in [6.45, 7) is 3.04. The average Bonchev–Trinajstić information content (AvgIpc) is 2.33. The van der Waals surface area contributed by atoms with Crippen molar-refractivity contribution in [3.05, 3.63) is 34.9 Å². The van der Waals surface area contributed by atoms with Crippen molar-refractivity contribution >= 4 is 5.91 Å². The number of alkyl halides is 3. The van der Waals surface area contributed by atoms with E-state index in [0.29, 0.717) is 18.7 Å². The van der Waals surface area contributed by atoms with E-state index in [4.69, 9.17) is 0 Å². The Bertz CT molecular complexity index is 514. The molecule has 0 radical (unpaired) electrons. The van der Waals surface area contributed by atoms with Crippen molar-refractivity contribution in [3.8, 4) is 0 Å². The normalized spacial score (nSPS) is 17.6. The standard InChI is InChI=1S/C14H17F3N2O/c1-10-3-4-11(12(7-10)14(15,16)17)8-19-6-5-18(2)9-13(19)20/h3-4,7H,5-6,8-9H2,1-2H3. The minimum atomic E-state index is -4.39. The number of hydrogen-bond acceptors (Lipinski definition) is 2. The average molecular weight is 286 g/mol. The Morgan fingerprint density at radius 1 is 1.25 bits per heavy atom. The molecule has 0 atom stereocenters. The molecule has 110 valence electrons. The van der Waals surface area contributed by atoms with Crippen LogP contribution in [0, 0.1) is 6.92 Å². The second-order valence-electron chi connectivity index (χ2n) is 5.21. The SMILES string of the molecule is Cc1ccc(CN2CCN(C)CC2=O)c(C(F)(F)F)c1. The minimum Gasteiger partial charge on any atom is -0.336 e. The zero-order valence-corrected chi connectivity index (χ0v) is 11.5. The summed E-state index contributed by atoms with van der Waals surface area (Å²) >= 11 is 0. The lowest BCUT2D eigenvalue weighted by Gasteiger charge is -2.32. The summed E-state index contributed by atoms with van der Waals surface area (Å²) in [6.07, 6.45) is -4.39. The molecule has 1 aromatic carbocycles. The minimum absolute atomic E-state index is 0.0157. The fourth-order valence-electron chi connectivity index (χ4n) is 2.29. The van der Waals surface area contributed by atoms with E-state index in [-0.39, 0.29) is 24.6 Å². The molecule has 1 aliphatic rings. The Morgan fingerprint density at radius 3 is 2.55 bits per heavy atom. The van der Waals surface area contributed by atoms with Gasteiger partial charge in [0.1, 0.15) is 0 Å². The Kier molecular flexibility index (Phi) is 4.04. The molecule has 0 unspecified atom stereocenters. The first-order chi connectivity index (χ1) is 9.27. The number of piperazine rings is 1. The summed E-state index contributed by atoms with van der Waals surface area (Å²) in [5, 5.41) is 0. The van der Waals surface area contributed by atoms with Gasteiger partial charge in [0.25, 0.3) is 0 Å².